The van der Waals surface area contributed by atoms with Gasteiger partial charge in [-0.3, -0.25) is 0 Å². The Morgan fingerprint density at radius 2 is 1.62 bits per heavy atom. The summed E-state index contributed by atoms with van der Waals surface area (Å²) in [6.07, 6.45) is 0.712. The highest BCUT2D eigenvalue weighted by molar-refractivity contribution is 9.10. The van der Waals surface area contributed by atoms with E-state index in [-0.39, 0.29) is 18.3 Å². The lowest BCUT2D eigenvalue weighted by atomic mass is 9.98. The zero-order chi connectivity index (χ0) is 23.7. The molecule has 170 valence electrons. The molecule has 0 radical (unpaired) electrons. The van der Waals surface area contributed by atoms with Gasteiger partial charge in [0.1, 0.15) is 12.4 Å². The summed E-state index contributed by atoms with van der Waals surface area (Å²) in [6, 6.07) is 22.1. The number of carbonyl (C=O) groups is 2. The van der Waals surface area contributed by atoms with Crippen molar-refractivity contribution in [2.75, 3.05) is 6.61 Å². The number of benzene rings is 3. The Labute approximate surface area is 203 Å². The van der Waals surface area contributed by atoms with Crippen LogP contribution < -0.4 is 5.32 Å². The summed E-state index contributed by atoms with van der Waals surface area (Å²) in [5.41, 5.74) is 5.88. The van der Waals surface area contributed by atoms with Crippen LogP contribution in [0.2, 0.25) is 0 Å². The molecule has 1 atom stereocenters. The summed E-state index contributed by atoms with van der Waals surface area (Å²) < 4.78 is 6.41. The number of carboxylic acids is 1. The Morgan fingerprint density at radius 3 is 2.24 bits per heavy atom. The van der Waals surface area contributed by atoms with Crippen LogP contribution in [0.4, 0.5) is 4.79 Å². The number of carbonyl (C=O) groups excluding carboxylic acids is 1. The van der Waals surface area contributed by atoms with E-state index in [1.165, 1.54) is 6.20 Å². The Balaban J connectivity index is 1.29. The van der Waals surface area contributed by atoms with Gasteiger partial charge in [-0.1, -0.05) is 76.6 Å². The Morgan fingerprint density at radius 1 is 1.00 bits per heavy atom. The molecule has 7 nitrogen and oxygen atoms in total. The molecule has 5 rings (SSSR count). The van der Waals surface area contributed by atoms with Crippen molar-refractivity contribution in [3.8, 4) is 22.4 Å². The molecule has 4 aromatic rings. The smallest absolute Gasteiger partial charge is 0.408 e. The minimum atomic E-state index is -1.38. The van der Waals surface area contributed by atoms with Crippen LogP contribution in [-0.4, -0.2) is 33.7 Å². The Kier molecular flexibility index (Phi) is 5.90. The van der Waals surface area contributed by atoms with Gasteiger partial charge in [-0.05, 0) is 39.9 Å². The lowest BCUT2D eigenvalue weighted by Gasteiger charge is -2.16. The van der Waals surface area contributed by atoms with Crippen molar-refractivity contribution >= 4 is 28.0 Å². The van der Waals surface area contributed by atoms with E-state index in [1.807, 2.05) is 60.7 Å². The van der Waals surface area contributed by atoms with Gasteiger partial charge in [-0.15, -0.1) is 0 Å². The first-order chi connectivity index (χ1) is 16.5. The third-order valence-electron chi connectivity index (χ3n) is 5.88. The van der Waals surface area contributed by atoms with Gasteiger partial charge in [0.05, 0.1) is 11.9 Å². The van der Waals surface area contributed by atoms with Crippen LogP contribution in [0.5, 0.6) is 0 Å². The summed E-state index contributed by atoms with van der Waals surface area (Å²) in [5.74, 6) is -1.25. The minimum absolute atomic E-state index is 0.0918. The van der Waals surface area contributed by atoms with Crippen molar-refractivity contribution in [2.45, 2.75) is 12.0 Å². The van der Waals surface area contributed by atoms with E-state index in [0.29, 0.717) is 5.69 Å². The fourth-order valence-electron chi connectivity index (χ4n) is 4.26. The summed E-state index contributed by atoms with van der Waals surface area (Å²) in [7, 11) is 0. The highest BCUT2D eigenvalue weighted by Crippen LogP contribution is 2.44. The molecule has 0 bridgehead atoms. The van der Waals surface area contributed by atoms with Crippen LogP contribution in [0.3, 0.4) is 0 Å². The number of alkyl carbamates (subject to hydrolysis) is 1. The quantitative estimate of drug-likeness (QED) is 0.313. The fraction of sp³-hybridized carbons (Fsp3) is 0.115. The number of halogens is 1. The van der Waals surface area contributed by atoms with Crippen molar-refractivity contribution in [3.63, 3.8) is 0 Å². The minimum Gasteiger partial charge on any atom is -0.479 e. The van der Waals surface area contributed by atoms with Gasteiger partial charge < -0.3 is 20.1 Å². The molecule has 1 aliphatic rings. The SMILES string of the molecule is O=C(NC(C(=O)O)c1ncc(-c2ccc(Br)cc2)[nH]1)OCC1c2ccccc2-c2ccccc21. The highest BCUT2D eigenvalue weighted by atomic mass is 79.9. The molecular formula is C26H20BrN3O4. The van der Waals surface area contributed by atoms with Crippen LogP contribution in [0.25, 0.3) is 22.4 Å². The predicted octanol–water partition coefficient (Wildman–Crippen LogP) is 5.50. The maximum Gasteiger partial charge on any atom is 0.408 e. The van der Waals surface area contributed by atoms with Crippen LogP contribution in [0, 0.1) is 0 Å². The van der Waals surface area contributed by atoms with Gasteiger partial charge in [0.15, 0.2) is 6.04 Å². The molecule has 3 aromatic carbocycles. The fourth-order valence-corrected chi connectivity index (χ4v) is 4.53. The molecule has 1 aromatic heterocycles. The summed E-state index contributed by atoms with van der Waals surface area (Å²) in [4.78, 5) is 31.6. The molecule has 0 spiro atoms. The van der Waals surface area contributed by atoms with Gasteiger partial charge in [0.25, 0.3) is 0 Å². The number of hydrogen-bond donors (Lipinski definition) is 3. The number of aromatic nitrogens is 2. The van der Waals surface area contributed by atoms with Crippen LogP contribution in [0.1, 0.15) is 28.9 Å². The molecule has 1 unspecified atom stereocenters. The number of fused-ring (bicyclic) bond motifs is 3. The van der Waals surface area contributed by atoms with Crippen LogP contribution in [0.15, 0.2) is 83.5 Å². The van der Waals surface area contributed by atoms with Gasteiger partial charge in [-0.25, -0.2) is 14.6 Å². The van der Waals surface area contributed by atoms with Gasteiger partial charge >= 0.3 is 12.1 Å². The number of amides is 1. The number of nitrogens with zero attached hydrogens (tertiary/aromatic N) is 1. The maximum atomic E-state index is 12.6. The average Bonchev–Trinajstić information content (AvgIpc) is 3.45. The molecule has 8 heteroatoms. The standard InChI is InChI=1S/C26H20BrN3O4/c27-16-11-9-15(10-12-16)22-13-28-24(29-22)23(25(31)32)30-26(33)34-14-21-19-7-3-1-5-17(19)18-6-2-4-8-20(18)21/h1-13,21,23H,14H2,(H,28,29)(H,30,33)(H,31,32). The number of ether oxygens (including phenoxy) is 1. The van der Waals surface area contributed by atoms with Crippen molar-refractivity contribution in [1.29, 1.82) is 0 Å². The predicted molar refractivity (Wildman–Crippen MR) is 130 cm³/mol. The van der Waals surface area contributed by atoms with E-state index in [2.05, 4.69) is 43.3 Å². The summed E-state index contributed by atoms with van der Waals surface area (Å²) >= 11 is 3.38. The molecule has 1 amide bonds. The molecular weight excluding hydrogens is 498 g/mol. The van der Waals surface area contributed by atoms with Crippen molar-refractivity contribution in [1.82, 2.24) is 15.3 Å². The second-order valence-corrected chi connectivity index (χ2v) is 8.85. The topological polar surface area (TPSA) is 104 Å². The van der Waals surface area contributed by atoms with Gasteiger partial charge in [-0.2, -0.15) is 0 Å². The molecule has 1 heterocycles. The number of nitrogens with one attached hydrogen (secondary N) is 2. The highest BCUT2D eigenvalue weighted by Gasteiger charge is 2.30. The first kappa shape index (κ1) is 21.9. The lowest BCUT2D eigenvalue weighted by molar-refractivity contribution is -0.139. The second kappa shape index (κ2) is 9.15. The van der Waals surface area contributed by atoms with Crippen molar-refractivity contribution < 1.29 is 19.4 Å². The monoisotopic (exact) mass is 517 g/mol. The zero-order valence-corrected chi connectivity index (χ0v) is 19.5. The first-order valence-electron chi connectivity index (χ1n) is 10.7. The molecule has 34 heavy (non-hydrogen) atoms. The normalized spacial score (nSPS) is 13.1. The van der Waals surface area contributed by atoms with Crippen molar-refractivity contribution in [2.24, 2.45) is 0 Å². The number of aromatic amines is 1. The summed E-state index contributed by atoms with van der Waals surface area (Å²) in [6.45, 7) is 0.0918. The van der Waals surface area contributed by atoms with Crippen LogP contribution >= 0.6 is 15.9 Å². The van der Waals surface area contributed by atoms with Gasteiger partial charge in [0, 0.05) is 10.4 Å². The molecule has 1 aliphatic carbocycles. The number of aliphatic carboxylic acids is 1. The lowest BCUT2D eigenvalue weighted by Crippen LogP contribution is -2.35. The summed E-state index contributed by atoms with van der Waals surface area (Å²) in [5, 5.41) is 12.1. The van der Waals surface area contributed by atoms with E-state index < -0.39 is 18.1 Å². The zero-order valence-electron chi connectivity index (χ0n) is 17.9. The molecule has 0 fully saturated rings. The second-order valence-electron chi connectivity index (χ2n) is 7.93. The third kappa shape index (κ3) is 4.20. The largest absolute Gasteiger partial charge is 0.479 e. The van der Waals surface area contributed by atoms with E-state index in [0.717, 1.165) is 32.3 Å². The Bertz CT molecular complexity index is 1320. The maximum absolute atomic E-state index is 12.6. The molecule has 3 N–H and O–H groups in total. The van der Waals surface area contributed by atoms with E-state index >= 15 is 0 Å². The van der Waals surface area contributed by atoms with Crippen LogP contribution in [-0.2, 0) is 9.53 Å². The number of imidazole rings is 1. The number of rotatable bonds is 6. The van der Waals surface area contributed by atoms with E-state index in [1.54, 1.807) is 0 Å². The van der Waals surface area contributed by atoms with E-state index in [4.69, 9.17) is 4.74 Å². The molecule has 0 aliphatic heterocycles. The number of H-pyrrole nitrogens is 1. The van der Waals surface area contributed by atoms with Crippen molar-refractivity contribution in [3.05, 3.63) is 100 Å². The third-order valence-corrected chi connectivity index (χ3v) is 6.41. The number of carboxylic acid groups (broad SMARTS) is 1. The first-order valence-corrected chi connectivity index (χ1v) is 11.5. The average molecular weight is 518 g/mol. The Hall–Kier alpha value is -3.91. The van der Waals surface area contributed by atoms with E-state index in [9.17, 15) is 14.7 Å². The molecule has 0 saturated carbocycles. The number of hydrogen-bond acceptors (Lipinski definition) is 4. The van der Waals surface area contributed by atoms with Gasteiger partial charge in [0.2, 0.25) is 0 Å². The molecule has 0 saturated heterocycles.